The van der Waals surface area contributed by atoms with E-state index in [1.807, 2.05) is 27.7 Å². The van der Waals surface area contributed by atoms with Gasteiger partial charge >= 0.3 is 0 Å². The van der Waals surface area contributed by atoms with Crippen molar-refractivity contribution >= 4 is 11.8 Å². The fourth-order valence-corrected chi connectivity index (χ4v) is 2.36. The van der Waals surface area contributed by atoms with Crippen molar-refractivity contribution in [2.45, 2.75) is 46.1 Å². The number of nitrogens with zero attached hydrogens (tertiary/aromatic N) is 1. The summed E-state index contributed by atoms with van der Waals surface area (Å²) in [5, 5.41) is 0. The third-order valence-corrected chi connectivity index (χ3v) is 4.14. The van der Waals surface area contributed by atoms with Crippen LogP contribution >= 0.6 is 0 Å². The van der Waals surface area contributed by atoms with Gasteiger partial charge in [-0.3, -0.25) is 14.5 Å². The molecule has 0 aromatic heterocycles. The molecule has 1 heterocycles. The van der Waals surface area contributed by atoms with Crippen LogP contribution in [0.2, 0.25) is 0 Å². The van der Waals surface area contributed by atoms with Crippen molar-refractivity contribution in [2.24, 2.45) is 17.6 Å². The van der Waals surface area contributed by atoms with E-state index in [0.717, 1.165) is 12.8 Å². The fourth-order valence-electron chi connectivity index (χ4n) is 2.36. The predicted octanol–water partition coefficient (Wildman–Crippen LogP) is 1.14. The lowest BCUT2D eigenvalue weighted by Gasteiger charge is -2.38. The highest BCUT2D eigenvalue weighted by Gasteiger charge is 2.50. The highest BCUT2D eigenvalue weighted by Crippen LogP contribution is 2.34. The molecule has 0 bridgehead atoms. The van der Waals surface area contributed by atoms with Gasteiger partial charge in [-0.15, -0.1) is 0 Å². The van der Waals surface area contributed by atoms with E-state index >= 15 is 0 Å². The number of carbonyl (C=O) groups is 2. The number of hydrogen-bond donors (Lipinski definition) is 1. The number of hydrogen-bond acceptors (Lipinski definition) is 3. The Morgan fingerprint density at radius 1 is 1.12 bits per heavy atom. The van der Waals surface area contributed by atoms with Crippen LogP contribution in [-0.2, 0) is 9.59 Å². The molecule has 0 radical (unpaired) electrons. The second-order valence-electron chi connectivity index (χ2n) is 4.72. The van der Waals surface area contributed by atoms with Crippen LogP contribution in [0.5, 0.6) is 0 Å². The average molecular weight is 226 g/mol. The van der Waals surface area contributed by atoms with Crippen molar-refractivity contribution in [3.8, 4) is 0 Å². The van der Waals surface area contributed by atoms with Gasteiger partial charge in [-0.2, -0.15) is 0 Å². The highest BCUT2D eigenvalue weighted by molar-refractivity contribution is 6.05. The molecule has 0 aliphatic carbocycles. The zero-order chi connectivity index (χ0) is 12.5. The fraction of sp³-hybridized carbons (Fsp3) is 0.833. The Morgan fingerprint density at radius 3 is 1.75 bits per heavy atom. The highest BCUT2D eigenvalue weighted by atomic mass is 16.2. The largest absolute Gasteiger partial charge is 0.328 e. The van der Waals surface area contributed by atoms with Crippen molar-refractivity contribution < 1.29 is 9.59 Å². The lowest BCUT2D eigenvalue weighted by Crippen LogP contribution is -2.56. The summed E-state index contributed by atoms with van der Waals surface area (Å²) >= 11 is 0. The minimum Gasteiger partial charge on any atom is -0.328 e. The minimum absolute atomic E-state index is 0.0633. The number of likely N-dealkylation sites (tertiary alicyclic amines) is 1. The van der Waals surface area contributed by atoms with Gasteiger partial charge in [0.25, 0.3) is 0 Å². The molecule has 2 amide bonds. The monoisotopic (exact) mass is 226 g/mol. The Labute approximate surface area is 97.2 Å². The van der Waals surface area contributed by atoms with Crippen LogP contribution in [0, 0.1) is 11.8 Å². The smallest absolute Gasteiger partial charge is 0.233 e. The number of rotatable bonds is 4. The molecule has 4 heteroatoms. The van der Waals surface area contributed by atoms with E-state index in [0.29, 0.717) is 6.54 Å². The Balaban J connectivity index is 3.12. The van der Waals surface area contributed by atoms with Crippen LogP contribution in [0.15, 0.2) is 0 Å². The van der Waals surface area contributed by atoms with Crippen molar-refractivity contribution in [3.63, 3.8) is 0 Å². The van der Waals surface area contributed by atoms with Gasteiger partial charge < -0.3 is 5.73 Å². The van der Waals surface area contributed by atoms with Gasteiger partial charge in [-0.1, -0.05) is 27.7 Å². The van der Waals surface area contributed by atoms with Gasteiger partial charge in [0.2, 0.25) is 11.8 Å². The maximum absolute atomic E-state index is 12.1. The normalized spacial score (nSPS) is 26.7. The molecule has 4 nitrogen and oxygen atoms in total. The first-order valence-corrected chi connectivity index (χ1v) is 6.03. The molecule has 0 spiro atoms. The van der Waals surface area contributed by atoms with Gasteiger partial charge in [0.15, 0.2) is 0 Å². The molecule has 2 atom stereocenters. The molecule has 1 fully saturated rings. The van der Waals surface area contributed by atoms with E-state index in [4.69, 9.17) is 5.73 Å². The summed E-state index contributed by atoms with van der Waals surface area (Å²) in [5.74, 6) is -0.550. The van der Waals surface area contributed by atoms with Crippen LogP contribution in [0.25, 0.3) is 0 Å². The first kappa shape index (κ1) is 13.2. The van der Waals surface area contributed by atoms with Crippen molar-refractivity contribution in [1.29, 1.82) is 0 Å². The average Bonchev–Trinajstić information content (AvgIpc) is 2.49. The molecule has 1 aliphatic heterocycles. The summed E-state index contributed by atoms with van der Waals surface area (Å²) in [4.78, 5) is 25.6. The number of amides is 2. The van der Waals surface area contributed by atoms with Crippen molar-refractivity contribution in [2.75, 3.05) is 6.54 Å². The topological polar surface area (TPSA) is 63.4 Å². The molecular formula is C12H22N2O2. The third kappa shape index (κ3) is 1.65. The predicted molar refractivity (Wildman–Crippen MR) is 62.5 cm³/mol. The Morgan fingerprint density at radius 2 is 1.50 bits per heavy atom. The zero-order valence-corrected chi connectivity index (χ0v) is 10.6. The number of imide groups is 1. The SMILES string of the molecule is CCC(CC)(CN)N1C(=O)C(C)C(C)C1=O. The molecule has 1 aliphatic rings. The van der Waals surface area contributed by atoms with Gasteiger partial charge in [0.1, 0.15) is 0 Å². The minimum atomic E-state index is -0.479. The molecule has 0 saturated carbocycles. The molecule has 92 valence electrons. The van der Waals surface area contributed by atoms with Crippen LogP contribution in [0.3, 0.4) is 0 Å². The van der Waals surface area contributed by atoms with Crippen LogP contribution in [0.1, 0.15) is 40.5 Å². The van der Waals surface area contributed by atoms with E-state index in [2.05, 4.69) is 0 Å². The van der Waals surface area contributed by atoms with E-state index in [-0.39, 0.29) is 23.7 Å². The quantitative estimate of drug-likeness (QED) is 0.731. The standard InChI is InChI=1S/C12H22N2O2/c1-5-12(6-2,7-13)14-10(15)8(3)9(4)11(14)16/h8-9H,5-7,13H2,1-4H3. The third-order valence-electron chi connectivity index (χ3n) is 4.14. The molecule has 2 N–H and O–H groups in total. The number of nitrogens with two attached hydrogens (primary N) is 1. The Hall–Kier alpha value is -0.900. The first-order valence-electron chi connectivity index (χ1n) is 6.03. The summed E-state index contributed by atoms with van der Waals surface area (Å²) in [6.45, 7) is 7.93. The summed E-state index contributed by atoms with van der Waals surface area (Å²) < 4.78 is 0. The molecule has 0 aromatic rings. The van der Waals surface area contributed by atoms with Crippen LogP contribution in [0.4, 0.5) is 0 Å². The second kappa shape index (κ2) is 4.53. The lowest BCUT2D eigenvalue weighted by molar-refractivity contribution is -0.147. The van der Waals surface area contributed by atoms with E-state index in [1.54, 1.807) is 0 Å². The second-order valence-corrected chi connectivity index (χ2v) is 4.72. The van der Waals surface area contributed by atoms with Gasteiger partial charge in [-0.05, 0) is 12.8 Å². The maximum Gasteiger partial charge on any atom is 0.233 e. The molecule has 16 heavy (non-hydrogen) atoms. The Kier molecular flexibility index (Phi) is 3.73. The first-order chi connectivity index (χ1) is 7.45. The van der Waals surface area contributed by atoms with Gasteiger partial charge in [-0.25, -0.2) is 0 Å². The lowest BCUT2D eigenvalue weighted by atomic mass is 9.90. The zero-order valence-electron chi connectivity index (χ0n) is 10.6. The molecule has 2 unspecified atom stereocenters. The van der Waals surface area contributed by atoms with Crippen LogP contribution < -0.4 is 5.73 Å². The van der Waals surface area contributed by atoms with Gasteiger partial charge in [0.05, 0.1) is 5.54 Å². The summed E-state index contributed by atoms with van der Waals surface area (Å²) in [6, 6.07) is 0. The van der Waals surface area contributed by atoms with Crippen molar-refractivity contribution in [1.82, 2.24) is 4.90 Å². The molecule has 0 aromatic carbocycles. The van der Waals surface area contributed by atoms with Crippen LogP contribution in [-0.4, -0.2) is 28.8 Å². The van der Waals surface area contributed by atoms with E-state index in [9.17, 15) is 9.59 Å². The van der Waals surface area contributed by atoms with E-state index in [1.165, 1.54) is 4.90 Å². The van der Waals surface area contributed by atoms with Gasteiger partial charge in [0, 0.05) is 18.4 Å². The molecule has 1 saturated heterocycles. The summed E-state index contributed by atoms with van der Waals surface area (Å²) in [5.41, 5.74) is 5.30. The summed E-state index contributed by atoms with van der Waals surface area (Å²) in [7, 11) is 0. The van der Waals surface area contributed by atoms with E-state index < -0.39 is 5.54 Å². The molecule has 1 rings (SSSR count). The maximum atomic E-state index is 12.1. The Bertz CT molecular complexity index is 269. The number of carbonyl (C=O) groups excluding carboxylic acids is 2. The molecular weight excluding hydrogens is 204 g/mol. The van der Waals surface area contributed by atoms with Crippen molar-refractivity contribution in [3.05, 3.63) is 0 Å². The summed E-state index contributed by atoms with van der Waals surface area (Å²) in [6.07, 6.45) is 1.44.